The molecule has 0 aliphatic rings. The minimum Gasteiger partial charge on any atom is -0.496 e. The second-order valence-corrected chi connectivity index (χ2v) is 4.24. The highest BCUT2D eigenvalue weighted by atomic mass is 16.5. The first-order chi connectivity index (χ1) is 6.63. The topological polar surface area (TPSA) is 9.23 Å². The zero-order chi connectivity index (χ0) is 10.6. The van der Waals surface area contributed by atoms with Crippen molar-refractivity contribution in [3.63, 3.8) is 0 Å². The Balaban J connectivity index is 2.69. The van der Waals surface area contributed by atoms with E-state index in [2.05, 4.69) is 39.0 Å². The molecular formula is C13H20O. The SMILES string of the molecule is COc1cc(CCC(C)C)ccc1C. The molecular weight excluding hydrogens is 172 g/mol. The fourth-order valence-electron chi connectivity index (χ4n) is 1.48. The fraction of sp³-hybridized carbons (Fsp3) is 0.538. The second kappa shape index (κ2) is 5.04. The normalized spacial score (nSPS) is 10.6. The summed E-state index contributed by atoms with van der Waals surface area (Å²) in [5.41, 5.74) is 2.59. The van der Waals surface area contributed by atoms with Crippen molar-refractivity contribution in [2.24, 2.45) is 5.92 Å². The Bertz CT molecular complexity index is 289. The van der Waals surface area contributed by atoms with Gasteiger partial charge < -0.3 is 4.74 Å². The summed E-state index contributed by atoms with van der Waals surface area (Å²) < 4.78 is 5.29. The van der Waals surface area contributed by atoms with E-state index in [1.54, 1.807) is 7.11 Å². The van der Waals surface area contributed by atoms with Gasteiger partial charge in [-0.1, -0.05) is 26.0 Å². The van der Waals surface area contributed by atoms with Crippen LogP contribution in [-0.2, 0) is 6.42 Å². The Morgan fingerprint density at radius 1 is 1.29 bits per heavy atom. The van der Waals surface area contributed by atoms with Crippen LogP contribution in [0.4, 0.5) is 0 Å². The Morgan fingerprint density at radius 2 is 2.00 bits per heavy atom. The van der Waals surface area contributed by atoms with Gasteiger partial charge in [-0.05, 0) is 42.9 Å². The summed E-state index contributed by atoms with van der Waals surface area (Å²) in [6.45, 7) is 6.59. The zero-order valence-electron chi connectivity index (χ0n) is 9.63. The lowest BCUT2D eigenvalue weighted by Crippen LogP contribution is -1.94. The molecule has 0 fully saturated rings. The van der Waals surface area contributed by atoms with Gasteiger partial charge in [0.1, 0.15) is 5.75 Å². The Kier molecular flexibility index (Phi) is 3.99. The van der Waals surface area contributed by atoms with Gasteiger partial charge >= 0.3 is 0 Å². The number of benzene rings is 1. The monoisotopic (exact) mass is 192 g/mol. The van der Waals surface area contributed by atoms with Crippen molar-refractivity contribution < 1.29 is 4.74 Å². The first-order valence-corrected chi connectivity index (χ1v) is 5.27. The Labute approximate surface area is 87.1 Å². The summed E-state index contributed by atoms with van der Waals surface area (Å²) in [6, 6.07) is 6.48. The lowest BCUT2D eigenvalue weighted by atomic mass is 10.0. The summed E-state index contributed by atoms with van der Waals surface area (Å²) in [7, 11) is 1.73. The molecule has 0 atom stereocenters. The molecule has 0 aromatic heterocycles. The predicted molar refractivity (Wildman–Crippen MR) is 60.9 cm³/mol. The van der Waals surface area contributed by atoms with E-state index < -0.39 is 0 Å². The average Bonchev–Trinajstić information content (AvgIpc) is 2.16. The summed E-state index contributed by atoms with van der Waals surface area (Å²) in [4.78, 5) is 0. The van der Waals surface area contributed by atoms with Gasteiger partial charge in [-0.25, -0.2) is 0 Å². The Morgan fingerprint density at radius 3 is 2.57 bits per heavy atom. The fourth-order valence-corrected chi connectivity index (χ4v) is 1.48. The van der Waals surface area contributed by atoms with Gasteiger partial charge in [0, 0.05) is 0 Å². The van der Waals surface area contributed by atoms with Crippen LogP contribution in [-0.4, -0.2) is 7.11 Å². The lowest BCUT2D eigenvalue weighted by Gasteiger charge is -2.08. The molecule has 0 N–H and O–H groups in total. The van der Waals surface area contributed by atoms with E-state index in [0.29, 0.717) is 0 Å². The third-order valence-electron chi connectivity index (χ3n) is 2.48. The van der Waals surface area contributed by atoms with E-state index in [0.717, 1.165) is 18.1 Å². The average molecular weight is 192 g/mol. The second-order valence-electron chi connectivity index (χ2n) is 4.24. The third kappa shape index (κ3) is 3.06. The first kappa shape index (κ1) is 11.1. The smallest absolute Gasteiger partial charge is 0.122 e. The van der Waals surface area contributed by atoms with E-state index >= 15 is 0 Å². The van der Waals surface area contributed by atoms with Gasteiger partial charge in [0.25, 0.3) is 0 Å². The van der Waals surface area contributed by atoms with E-state index in [9.17, 15) is 0 Å². The summed E-state index contributed by atoms with van der Waals surface area (Å²) in [6.07, 6.45) is 2.39. The van der Waals surface area contributed by atoms with Crippen LogP contribution >= 0.6 is 0 Å². The zero-order valence-corrected chi connectivity index (χ0v) is 9.63. The first-order valence-electron chi connectivity index (χ1n) is 5.27. The number of rotatable bonds is 4. The van der Waals surface area contributed by atoms with Crippen LogP contribution in [0.2, 0.25) is 0 Å². The largest absolute Gasteiger partial charge is 0.496 e. The minimum absolute atomic E-state index is 0.766. The van der Waals surface area contributed by atoms with Gasteiger partial charge in [0.2, 0.25) is 0 Å². The molecule has 1 nitrogen and oxygen atoms in total. The van der Waals surface area contributed by atoms with Crippen LogP contribution in [0.3, 0.4) is 0 Å². The van der Waals surface area contributed by atoms with Crippen molar-refractivity contribution in [2.45, 2.75) is 33.6 Å². The molecule has 1 aromatic carbocycles. The number of hydrogen-bond donors (Lipinski definition) is 0. The molecule has 0 bridgehead atoms. The van der Waals surface area contributed by atoms with Gasteiger partial charge in [-0.3, -0.25) is 0 Å². The molecule has 1 rings (SSSR count). The summed E-state index contributed by atoms with van der Waals surface area (Å²) >= 11 is 0. The molecule has 0 aliphatic carbocycles. The van der Waals surface area contributed by atoms with Gasteiger partial charge in [0.15, 0.2) is 0 Å². The summed E-state index contributed by atoms with van der Waals surface area (Å²) in [5, 5.41) is 0. The molecule has 78 valence electrons. The van der Waals surface area contributed by atoms with Gasteiger partial charge in [-0.2, -0.15) is 0 Å². The van der Waals surface area contributed by atoms with Crippen molar-refractivity contribution in [1.29, 1.82) is 0 Å². The Hall–Kier alpha value is -0.980. The van der Waals surface area contributed by atoms with Crippen molar-refractivity contribution >= 4 is 0 Å². The van der Waals surface area contributed by atoms with Crippen molar-refractivity contribution in [3.05, 3.63) is 29.3 Å². The van der Waals surface area contributed by atoms with Crippen molar-refractivity contribution in [2.75, 3.05) is 7.11 Å². The number of methoxy groups -OCH3 is 1. The van der Waals surface area contributed by atoms with Gasteiger partial charge in [0.05, 0.1) is 7.11 Å². The highest BCUT2D eigenvalue weighted by Gasteiger charge is 2.01. The molecule has 1 heteroatoms. The van der Waals surface area contributed by atoms with Crippen LogP contribution < -0.4 is 4.74 Å². The van der Waals surface area contributed by atoms with Crippen LogP contribution in [0.1, 0.15) is 31.4 Å². The lowest BCUT2D eigenvalue weighted by molar-refractivity contribution is 0.411. The number of ether oxygens (including phenoxy) is 1. The van der Waals surface area contributed by atoms with E-state index in [1.165, 1.54) is 17.5 Å². The number of aryl methyl sites for hydroxylation is 2. The maximum absolute atomic E-state index is 5.29. The highest BCUT2D eigenvalue weighted by molar-refractivity contribution is 5.36. The molecule has 0 amide bonds. The van der Waals surface area contributed by atoms with E-state index in [4.69, 9.17) is 4.74 Å². The maximum atomic E-state index is 5.29. The molecule has 0 heterocycles. The minimum atomic E-state index is 0.766. The third-order valence-corrected chi connectivity index (χ3v) is 2.48. The maximum Gasteiger partial charge on any atom is 0.122 e. The molecule has 0 aliphatic heterocycles. The van der Waals surface area contributed by atoms with Crippen molar-refractivity contribution in [1.82, 2.24) is 0 Å². The van der Waals surface area contributed by atoms with Crippen LogP contribution in [0.25, 0.3) is 0 Å². The number of hydrogen-bond acceptors (Lipinski definition) is 1. The standard InChI is InChI=1S/C13H20O/c1-10(2)5-7-12-8-6-11(3)13(9-12)14-4/h6,8-10H,5,7H2,1-4H3. The van der Waals surface area contributed by atoms with Crippen LogP contribution in [0, 0.1) is 12.8 Å². The van der Waals surface area contributed by atoms with Crippen LogP contribution in [0.5, 0.6) is 5.75 Å². The molecule has 1 aromatic rings. The molecule has 0 radical (unpaired) electrons. The van der Waals surface area contributed by atoms with E-state index in [-0.39, 0.29) is 0 Å². The van der Waals surface area contributed by atoms with E-state index in [1.807, 2.05) is 0 Å². The molecule has 0 saturated heterocycles. The predicted octanol–water partition coefficient (Wildman–Crippen LogP) is 3.59. The quantitative estimate of drug-likeness (QED) is 0.708. The molecule has 14 heavy (non-hydrogen) atoms. The van der Waals surface area contributed by atoms with Gasteiger partial charge in [-0.15, -0.1) is 0 Å². The summed E-state index contributed by atoms with van der Waals surface area (Å²) in [5.74, 6) is 1.77. The van der Waals surface area contributed by atoms with Crippen LogP contribution in [0.15, 0.2) is 18.2 Å². The molecule has 0 saturated carbocycles. The van der Waals surface area contributed by atoms with Crippen molar-refractivity contribution in [3.8, 4) is 5.75 Å². The molecule has 0 spiro atoms. The highest BCUT2D eigenvalue weighted by Crippen LogP contribution is 2.20. The molecule has 0 unspecified atom stereocenters.